The molecular formula is C13H21ClN4. The highest BCUT2D eigenvalue weighted by atomic mass is 35.5. The van der Waals surface area contributed by atoms with Crippen molar-refractivity contribution in [1.29, 1.82) is 0 Å². The average Bonchev–Trinajstić information content (AvgIpc) is 2.98. The van der Waals surface area contributed by atoms with E-state index in [-0.39, 0.29) is 0 Å². The molecule has 0 aliphatic carbocycles. The number of nitrogens with zero attached hydrogens (tertiary/aromatic N) is 3. The van der Waals surface area contributed by atoms with Crippen LogP contribution in [0.15, 0.2) is 0 Å². The average molecular weight is 269 g/mol. The van der Waals surface area contributed by atoms with E-state index in [2.05, 4.69) is 22.2 Å². The topological polar surface area (TPSA) is 33.1 Å². The molecule has 3 heterocycles. The van der Waals surface area contributed by atoms with E-state index in [1.54, 1.807) is 0 Å². The van der Waals surface area contributed by atoms with Crippen LogP contribution in [-0.4, -0.2) is 40.9 Å². The Kier molecular flexibility index (Phi) is 3.34. The van der Waals surface area contributed by atoms with Crippen LogP contribution in [0.1, 0.15) is 18.3 Å². The van der Waals surface area contributed by atoms with Gasteiger partial charge in [-0.25, -0.2) is 0 Å². The van der Waals surface area contributed by atoms with E-state index in [1.807, 2.05) is 11.6 Å². The van der Waals surface area contributed by atoms with E-state index >= 15 is 0 Å². The van der Waals surface area contributed by atoms with Crippen LogP contribution in [0.3, 0.4) is 0 Å². The fourth-order valence-corrected chi connectivity index (χ4v) is 3.51. The number of aryl methyl sites for hydroxylation is 2. The molecule has 1 aromatic rings. The van der Waals surface area contributed by atoms with E-state index < -0.39 is 0 Å². The molecule has 2 aliphatic heterocycles. The molecule has 0 amide bonds. The second-order valence-electron chi connectivity index (χ2n) is 5.53. The second kappa shape index (κ2) is 4.83. The zero-order valence-corrected chi connectivity index (χ0v) is 11.9. The molecule has 5 heteroatoms. The van der Waals surface area contributed by atoms with Crippen LogP contribution in [-0.2, 0) is 13.1 Å². The summed E-state index contributed by atoms with van der Waals surface area (Å²) >= 11 is 6.37. The van der Waals surface area contributed by atoms with Gasteiger partial charge in [-0.05, 0) is 38.8 Å². The molecule has 0 radical (unpaired) electrons. The molecule has 3 rings (SSSR count). The van der Waals surface area contributed by atoms with Gasteiger partial charge < -0.3 is 5.32 Å². The van der Waals surface area contributed by atoms with Crippen molar-refractivity contribution in [3.63, 3.8) is 0 Å². The van der Waals surface area contributed by atoms with Crippen LogP contribution in [0.2, 0.25) is 5.02 Å². The summed E-state index contributed by atoms with van der Waals surface area (Å²) in [6.07, 6.45) is 0. The molecule has 1 N–H and O–H groups in total. The minimum atomic E-state index is 0.836. The van der Waals surface area contributed by atoms with Crippen molar-refractivity contribution in [2.75, 3.05) is 26.2 Å². The van der Waals surface area contributed by atoms with Crippen LogP contribution < -0.4 is 5.32 Å². The van der Waals surface area contributed by atoms with Gasteiger partial charge in [0.1, 0.15) is 0 Å². The molecular weight excluding hydrogens is 248 g/mol. The van der Waals surface area contributed by atoms with Gasteiger partial charge in [-0.1, -0.05) is 11.6 Å². The molecule has 4 nitrogen and oxygen atoms in total. The van der Waals surface area contributed by atoms with E-state index in [0.717, 1.165) is 35.6 Å². The van der Waals surface area contributed by atoms with Crippen LogP contribution in [0, 0.1) is 18.8 Å². The summed E-state index contributed by atoms with van der Waals surface area (Å²) in [5.41, 5.74) is 2.14. The molecule has 0 spiro atoms. The molecule has 2 fully saturated rings. The third-order valence-corrected chi connectivity index (χ3v) is 4.78. The van der Waals surface area contributed by atoms with E-state index in [9.17, 15) is 0 Å². The molecule has 0 aromatic carbocycles. The summed E-state index contributed by atoms with van der Waals surface area (Å²) in [7, 11) is 0. The van der Waals surface area contributed by atoms with E-state index in [0.29, 0.717) is 0 Å². The van der Waals surface area contributed by atoms with Crippen LogP contribution in [0.5, 0.6) is 0 Å². The summed E-state index contributed by atoms with van der Waals surface area (Å²) in [6.45, 7) is 10.7. The van der Waals surface area contributed by atoms with Crippen molar-refractivity contribution in [2.24, 2.45) is 11.8 Å². The molecule has 18 heavy (non-hydrogen) atoms. The number of aromatic nitrogens is 2. The predicted octanol–water partition coefficient (Wildman–Crippen LogP) is 1.52. The number of halogens is 1. The highest BCUT2D eigenvalue weighted by molar-refractivity contribution is 6.31. The molecule has 0 unspecified atom stereocenters. The lowest BCUT2D eigenvalue weighted by atomic mass is 10.0. The lowest BCUT2D eigenvalue weighted by molar-refractivity contribution is 0.295. The largest absolute Gasteiger partial charge is 0.316 e. The van der Waals surface area contributed by atoms with Gasteiger partial charge in [0.15, 0.2) is 0 Å². The van der Waals surface area contributed by atoms with Gasteiger partial charge in [-0.15, -0.1) is 0 Å². The molecule has 1 aromatic heterocycles. The van der Waals surface area contributed by atoms with Crippen molar-refractivity contribution in [3.05, 3.63) is 16.4 Å². The summed E-state index contributed by atoms with van der Waals surface area (Å²) in [5, 5.41) is 8.82. The Labute approximate surface area is 113 Å². The number of hydrogen-bond donors (Lipinski definition) is 1. The molecule has 0 saturated carbocycles. The van der Waals surface area contributed by atoms with Crippen molar-refractivity contribution in [1.82, 2.24) is 20.0 Å². The molecule has 2 saturated heterocycles. The molecule has 100 valence electrons. The maximum atomic E-state index is 6.37. The maximum absolute atomic E-state index is 6.37. The minimum Gasteiger partial charge on any atom is -0.316 e. The monoisotopic (exact) mass is 268 g/mol. The third kappa shape index (κ3) is 2.06. The van der Waals surface area contributed by atoms with Crippen LogP contribution in [0.4, 0.5) is 0 Å². The van der Waals surface area contributed by atoms with Crippen LogP contribution in [0.25, 0.3) is 0 Å². The Bertz CT molecular complexity index is 430. The summed E-state index contributed by atoms with van der Waals surface area (Å²) in [4.78, 5) is 2.53. The van der Waals surface area contributed by atoms with Gasteiger partial charge in [-0.3, -0.25) is 9.58 Å². The normalized spacial score (nSPS) is 27.9. The fraction of sp³-hybridized carbons (Fsp3) is 0.769. The van der Waals surface area contributed by atoms with Crippen molar-refractivity contribution in [3.8, 4) is 0 Å². The number of hydrogen-bond acceptors (Lipinski definition) is 3. The van der Waals surface area contributed by atoms with Gasteiger partial charge in [0.25, 0.3) is 0 Å². The summed E-state index contributed by atoms with van der Waals surface area (Å²) in [6, 6.07) is 0. The highest BCUT2D eigenvalue weighted by Gasteiger charge is 2.36. The van der Waals surface area contributed by atoms with E-state index in [1.165, 1.54) is 31.9 Å². The first-order valence-electron chi connectivity index (χ1n) is 6.84. The Morgan fingerprint density at radius 2 is 2.00 bits per heavy atom. The van der Waals surface area contributed by atoms with Gasteiger partial charge in [0.2, 0.25) is 0 Å². The lowest BCUT2D eigenvalue weighted by Crippen LogP contribution is -2.26. The van der Waals surface area contributed by atoms with Crippen molar-refractivity contribution >= 4 is 11.6 Å². The Morgan fingerprint density at radius 1 is 1.33 bits per heavy atom. The maximum Gasteiger partial charge on any atom is 0.0860 e. The smallest absolute Gasteiger partial charge is 0.0860 e. The van der Waals surface area contributed by atoms with Crippen molar-refractivity contribution < 1.29 is 0 Å². The zero-order chi connectivity index (χ0) is 12.7. The Balaban J connectivity index is 1.73. The second-order valence-corrected chi connectivity index (χ2v) is 5.91. The zero-order valence-electron chi connectivity index (χ0n) is 11.1. The molecule has 0 bridgehead atoms. The first kappa shape index (κ1) is 12.5. The lowest BCUT2D eigenvalue weighted by Gasteiger charge is -2.17. The fourth-order valence-electron chi connectivity index (χ4n) is 3.31. The van der Waals surface area contributed by atoms with E-state index in [4.69, 9.17) is 11.6 Å². The standard InChI is InChI=1S/C13H21ClN4/c1-3-18-12(13(14)9(2)16-18)8-17-6-10-4-15-5-11(10)7-17/h10-11,15H,3-8H2,1-2H3/t10-,11+. The van der Waals surface area contributed by atoms with Crippen LogP contribution >= 0.6 is 11.6 Å². The number of rotatable bonds is 3. The summed E-state index contributed by atoms with van der Waals surface area (Å²) in [5.74, 6) is 1.67. The first-order valence-corrected chi connectivity index (χ1v) is 7.21. The van der Waals surface area contributed by atoms with Gasteiger partial charge in [0.05, 0.1) is 16.4 Å². The Morgan fingerprint density at radius 3 is 2.61 bits per heavy atom. The Hall–Kier alpha value is -0.580. The number of likely N-dealkylation sites (tertiary alicyclic amines) is 1. The SMILES string of the molecule is CCn1nc(C)c(Cl)c1CN1C[C@H]2CNC[C@H]2C1. The van der Waals surface area contributed by atoms with Gasteiger partial charge in [0, 0.05) is 26.2 Å². The van der Waals surface area contributed by atoms with Gasteiger partial charge >= 0.3 is 0 Å². The number of fused-ring (bicyclic) bond motifs is 1. The highest BCUT2D eigenvalue weighted by Crippen LogP contribution is 2.29. The molecule has 2 aliphatic rings. The third-order valence-electron chi connectivity index (χ3n) is 4.29. The number of nitrogens with one attached hydrogen (secondary N) is 1. The molecule has 2 atom stereocenters. The minimum absolute atomic E-state index is 0.836. The quantitative estimate of drug-likeness (QED) is 0.902. The van der Waals surface area contributed by atoms with Crippen molar-refractivity contribution in [2.45, 2.75) is 26.9 Å². The predicted molar refractivity (Wildman–Crippen MR) is 72.8 cm³/mol. The first-order chi connectivity index (χ1) is 8.69. The summed E-state index contributed by atoms with van der Waals surface area (Å²) < 4.78 is 2.05. The van der Waals surface area contributed by atoms with Gasteiger partial charge in [-0.2, -0.15) is 5.10 Å².